The van der Waals surface area contributed by atoms with E-state index in [1.165, 1.54) is 12.1 Å². The maximum Gasteiger partial charge on any atom is 0.264 e. The zero-order valence-corrected chi connectivity index (χ0v) is 20.2. The van der Waals surface area contributed by atoms with Crippen LogP contribution >= 0.6 is 0 Å². The van der Waals surface area contributed by atoms with Crippen LogP contribution in [-0.2, 0) is 14.8 Å². The molecule has 0 heterocycles. The van der Waals surface area contributed by atoms with Gasteiger partial charge in [-0.25, -0.2) is 8.42 Å². The van der Waals surface area contributed by atoms with E-state index in [-0.39, 0.29) is 17.5 Å². The van der Waals surface area contributed by atoms with Crippen LogP contribution in [0.2, 0.25) is 0 Å². The van der Waals surface area contributed by atoms with Gasteiger partial charge in [0.1, 0.15) is 12.3 Å². The van der Waals surface area contributed by atoms with Crippen molar-refractivity contribution in [2.45, 2.75) is 37.6 Å². The average molecular weight is 467 g/mol. The molecule has 0 aliphatic rings. The molecular formula is C26H30N2O4S. The highest BCUT2D eigenvalue weighted by atomic mass is 32.2. The first kappa shape index (κ1) is 24.3. The molecule has 0 bridgehead atoms. The number of carbonyl (C=O) groups excluding carboxylic acids is 1. The lowest BCUT2D eigenvalue weighted by atomic mass is 10.0. The van der Waals surface area contributed by atoms with E-state index < -0.39 is 15.9 Å². The van der Waals surface area contributed by atoms with Crippen LogP contribution in [0.4, 0.5) is 5.69 Å². The summed E-state index contributed by atoms with van der Waals surface area (Å²) in [6.07, 6.45) is 0. The van der Waals surface area contributed by atoms with Crippen molar-refractivity contribution in [2.24, 2.45) is 0 Å². The molecule has 0 saturated heterocycles. The third kappa shape index (κ3) is 5.93. The van der Waals surface area contributed by atoms with E-state index in [0.717, 1.165) is 21.2 Å². The highest BCUT2D eigenvalue weighted by Crippen LogP contribution is 2.26. The molecule has 3 aromatic rings. The van der Waals surface area contributed by atoms with Crippen LogP contribution in [0, 0.1) is 0 Å². The molecule has 1 atom stereocenters. The number of anilines is 1. The van der Waals surface area contributed by atoms with E-state index in [1.807, 2.05) is 43.3 Å². The number of methoxy groups -OCH3 is 1. The summed E-state index contributed by atoms with van der Waals surface area (Å²) in [6.45, 7) is 5.66. The molecule has 6 nitrogen and oxygen atoms in total. The van der Waals surface area contributed by atoms with E-state index in [2.05, 4.69) is 19.2 Å². The van der Waals surface area contributed by atoms with Gasteiger partial charge in [-0.2, -0.15) is 0 Å². The molecule has 0 aliphatic carbocycles. The average Bonchev–Trinajstić information content (AvgIpc) is 2.83. The van der Waals surface area contributed by atoms with E-state index in [9.17, 15) is 13.2 Å². The topological polar surface area (TPSA) is 75.7 Å². The summed E-state index contributed by atoms with van der Waals surface area (Å²) < 4.78 is 33.2. The fraction of sp³-hybridized carbons (Fsp3) is 0.269. The summed E-state index contributed by atoms with van der Waals surface area (Å²) in [5, 5.41) is 2.90. The van der Waals surface area contributed by atoms with E-state index in [1.54, 1.807) is 37.4 Å². The van der Waals surface area contributed by atoms with Gasteiger partial charge in [-0.15, -0.1) is 0 Å². The van der Waals surface area contributed by atoms with Crippen LogP contribution in [0.5, 0.6) is 5.75 Å². The number of benzene rings is 3. The number of rotatable bonds is 9. The van der Waals surface area contributed by atoms with Crippen molar-refractivity contribution >= 4 is 21.6 Å². The Balaban J connectivity index is 1.86. The molecule has 3 aromatic carbocycles. The quantitative estimate of drug-likeness (QED) is 0.487. The van der Waals surface area contributed by atoms with Gasteiger partial charge in [-0.1, -0.05) is 56.3 Å². The first-order chi connectivity index (χ1) is 15.7. The molecule has 1 amide bonds. The fourth-order valence-electron chi connectivity index (χ4n) is 3.45. The molecular weight excluding hydrogens is 436 g/mol. The van der Waals surface area contributed by atoms with Crippen molar-refractivity contribution in [2.75, 3.05) is 18.0 Å². The van der Waals surface area contributed by atoms with Crippen LogP contribution in [0.3, 0.4) is 0 Å². The van der Waals surface area contributed by atoms with Gasteiger partial charge in [0, 0.05) is 0 Å². The van der Waals surface area contributed by atoms with Crippen molar-refractivity contribution in [3.8, 4) is 5.75 Å². The number of carbonyl (C=O) groups is 1. The van der Waals surface area contributed by atoms with Gasteiger partial charge >= 0.3 is 0 Å². The largest absolute Gasteiger partial charge is 0.497 e. The maximum absolute atomic E-state index is 13.4. The minimum atomic E-state index is -3.94. The highest BCUT2D eigenvalue weighted by Gasteiger charge is 2.27. The van der Waals surface area contributed by atoms with Crippen LogP contribution in [0.25, 0.3) is 0 Å². The lowest BCUT2D eigenvalue weighted by Crippen LogP contribution is -2.41. The van der Waals surface area contributed by atoms with Gasteiger partial charge in [-0.05, 0) is 60.4 Å². The Kier molecular flexibility index (Phi) is 7.76. The SMILES string of the molecule is COc1ccc([C@@H](C)NC(=O)CN(c2ccc(C(C)C)cc2)S(=O)(=O)c2ccccc2)cc1. The van der Waals surface area contributed by atoms with Crippen molar-refractivity contribution in [3.63, 3.8) is 0 Å². The van der Waals surface area contributed by atoms with Gasteiger partial charge in [0.2, 0.25) is 5.91 Å². The number of hydrogen-bond acceptors (Lipinski definition) is 4. The smallest absolute Gasteiger partial charge is 0.264 e. The second kappa shape index (κ2) is 10.5. The summed E-state index contributed by atoms with van der Waals surface area (Å²) in [7, 11) is -2.34. The Bertz CT molecular complexity index is 1160. The number of ether oxygens (including phenoxy) is 1. The monoisotopic (exact) mass is 466 g/mol. The second-order valence-corrected chi connectivity index (χ2v) is 10.00. The number of sulfonamides is 1. The molecule has 1 N–H and O–H groups in total. The molecule has 0 fully saturated rings. The zero-order chi connectivity index (χ0) is 24.0. The van der Waals surface area contributed by atoms with Gasteiger partial charge in [0.25, 0.3) is 10.0 Å². The Labute approximate surface area is 196 Å². The lowest BCUT2D eigenvalue weighted by molar-refractivity contribution is -0.120. The van der Waals surface area contributed by atoms with E-state index in [0.29, 0.717) is 11.6 Å². The predicted octanol–water partition coefficient (Wildman–Crippen LogP) is 4.89. The summed E-state index contributed by atoms with van der Waals surface area (Å²) in [5.74, 6) is 0.639. The fourth-order valence-corrected chi connectivity index (χ4v) is 4.90. The third-order valence-electron chi connectivity index (χ3n) is 5.46. The molecule has 0 unspecified atom stereocenters. The van der Waals surface area contributed by atoms with Crippen molar-refractivity contribution in [3.05, 3.63) is 90.0 Å². The summed E-state index contributed by atoms with van der Waals surface area (Å²) >= 11 is 0. The molecule has 0 radical (unpaired) electrons. The molecule has 3 rings (SSSR count). The normalized spacial score (nSPS) is 12.3. The molecule has 0 aliphatic heterocycles. The third-order valence-corrected chi connectivity index (χ3v) is 7.25. The molecule has 0 spiro atoms. The number of amides is 1. The highest BCUT2D eigenvalue weighted by molar-refractivity contribution is 7.92. The number of nitrogens with one attached hydrogen (secondary N) is 1. The van der Waals surface area contributed by atoms with Crippen molar-refractivity contribution < 1.29 is 17.9 Å². The molecule has 174 valence electrons. The van der Waals surface area contributed by atoms with Crippen molar-refractivity contribution in [1.29, 1.82) is 0 Å². The Hall–Kier alpha value is -3.32. The summed E-state index contributed by atoms with van der Waals surface area (Å²) in [4.78, 5) is 13.1. The van der Waals surface area contributed by atoms with Crippen molar-refractivity contribution in [1.82, 2.24) is 5.32 Å². The number of hydrogen-bond donors (Lipinski definition) is 1. The van der Waals surface area contributed by atoms with Crippen LogP contribution in [0.1, 0.15) is 43.9 Å². The Morgan fingerprint density at radius 1 is 0.879 bits per heavy atom. The standard InChI is InChI=1S/C26H30N2O4S/c1-19(2)21-10-14-23(15-11-21)28(33(30,31)25-8-6-5-7-9-25)18-26(29)27-20(3)22-12-16-24(32-4)17-13-22/h5-17,19-20H,18H2,1-4H3,(H,27,29)/t20-/m1/s1. The Morgan fingerprint density at radius 3 is 2.00 bits per heavy atom. The lowest BCUT2D eigenvalue weighted by Gasteiger charge is -2.25. The first-order valence-electron chi connectivity index (χ1n) is 10.8. The van der Waals surface area contributed by atoms with Gasteiger partial charge in [0.05, 0.1) is 23.7 Å². The minimum absolute atomic E-state index is 0.133. The zero-order valence-electron chi connectivity index (χ0n) is 19.4. The molecule has 0 aromatic heterocycles. The van der Waals surface area contributed by atoms with Gasteiger partial charge in [0.15, 0.2) is 0 Å². The summed E-state index contributed by atoms with van der Waals surface area (Å²) in [6, 6.07) is 22.5. The maximum atomic E-state index is 13.4. The molecule has 0 saturated carbocycles. The second-order valence-electron chi connectivity index (χ2n) is 8.13. The van der Waals surface area contributed by atoms with Crippen LogP contribution in [-0.4, -0.2) is 28.0 Å². The Morgan fingerprint density at radius 2 is 1.45 bits per heavy atom. The predicted molar refractivity (Wildman–Crippen MR) is 131 cm³/mol. The summed E-state index contributed by atoms with van der Waals surface area (Å²) in [5.41, 5.74) is 2.42. The van der Waals surface area contributed by atoms with Gasteiger partial charge < -0.3 is 10.1 Å². The molecule has 33 heavy (non-hydrogen) atoms. The van der Waals surface area contributed by atoms with E-state index in [4.69, 9.17) is 4.74 Å². The van der Waals surface area contributed by atoms with E-state index >= 15 is 0 Å². The van der Waals surface area contributed by atoms with Gasteiger partial charge in [-0.3, -0.25) is 9.10 Å². The first-order valence-corrected chi connectivity index (χ1v) is 12.3. The number of nitrogens with zero attached hydrogens (tertiary/aromatic N) is 1. The van der Waals surface area contributed by atoms with Crippen LogP contribution in [0.15, 0.2) is 83.8 Å². The molecule has 7 heteroatoms. The van der Waals surface area contributed by atoms with Crippen LogP contribution < -0.4 is 14.4 Å². The minimum Gasteiger partial charge on any atom is -0.497 e.